The molecule has 0 saturated carbocycles. The molecule has 0 heterocycles. The predicted molar refractivity (Wildman–Crippen MR) is 111 cm³/mol. The smallest absolute Gasteiger partial charge is 0.187 e. The van der Waals surface area contributed by atoms with Crippen molar-refractivity contribution in [3.05, 3.63) is 72.2 Å². The van der Waals surface area contributed by atoms with E-state index >= 15 is 0 Å². The van der Waals surface area contributed by atoms with Gasteiger partial charge in [0.05, 0.1) is 24.3 Å². The van der Waals surface area contributed by atoms with Crippen molar-refractivity contribution in [2.45, 2.75) is 38.8 Å². The van der Waals surface area contributed by atoms with Crippen molar-refractivity contribution < 1.29 is 53.9 Å². The minimum atomic E-state index is -0.401. The van der Waals surface area contributed by atoms with E-state index in [0.717, 1.165) is 0 Å². The first-order valence-corrected chi connectivity index (χ1v) is 9.06. The number of hydrogen-bond donors (Lipinski definition) is 4. The Morgan fingerprint density at radius 3 is 1.27 bits per heavy atom. The Bertz CT molecular complexity index is 697. The molecule has 0 aromatic carbocycles. The SMILES string of the molecule is CC(C)(CO)NC=C1C=CC=CC1=O.CC(C)(CO)NC=C1C=CC=CC1=O.[Cu].[Cu]. The predicted octanol–water partition coefficient (Wildman–Crippen LogP) is 1.85. The first-order chi connectivity index (χ1) is 13.1. The summed E-state index contributed by atoms with van der Waals surface area (Å²) in [5, 5.41) is 23.9. The zero-order valence-electron chi connectivity index (χ0n) is 17.5. The molecule has 0 fully saturated rings. The van der Waals surface area contributed by atoms with E-state index in [-0.39, 0.29) is 58.9 Å². The van der Waals surface area contributed by atoms with E-state index in [2.05, 4.69) is 10.6 Å². The van der Waals surface area contributed by atoms with Crippen LogP contribution >= 0.6 is 0 Å². The van der Waals surface area contributed by atoms with Crippen LogP contribution in [-0.4, -0.2) is 46.1 Å². The second kappa shape index (κ2) is 14.4. The molecule has 0 amide bonds. The largest absolute Gasteiger partial charge is 0.394 e. The molecule has 2 rings (SSSR count). The fraction of sp³-hybridized carbons (Fsp3) is 0.364. The van der Waals surface area contributed by atoms with Gasteiger partial charge < -0.3 is 20.8 Å². The zero-order valence-corrected chi connectivity index (χ0v) is 19.4. The summed E-state index contributed by atoms with van der Waals surface area (Å²) in [5.74, 6) is -0.0394. The van der Waals surface area contributed by atoms with Gasteiger partial charge in [-0.2, -0.15) is 0 Å². The standard InChI is InChI=1S/2C11H15NO2.2Cu/c2*1-11(2,8-13)12-7-9-5-3-4-6-10(9)14;;/h2*3-7,12-13H,8H2,1-2H3;;. The van der Waals surface area contributed by atoms with Crippen LogP contribution in [0.5, 0.6) is 0 Å². The fourth-order valence-corrected chi connectivity index (χ4v) is 1.84. The maximum Gasteiger partial charge on any atom is 0.187 e. The molecular weight excluding hydrogens is 483 g/mol. The van der Waals surface area contributed by atoms with E-state index < -0.39 is 11.1 Å². The summed E-state index contributed by atoms with van der Waals surface area (Å²) in [6.07, 6.45) is 16.8. The van der Waals surface area contributed by atoms with Gasteiger partial charge in [-0.15, -0.1) is 0 Å². The van der Waals surface area contributed by atoms with Crippen molar-refractivity contribution in [2.75, 3.05) is 13.2 Å². The monoisotopic (exact) mass is 512 g/mol. The minimum Gasteiger partial charge on any atom is -0.394 e. The van der Waals surface area contributed by atoms with Crippen LogP contribution < -0.4 is 10.6 Å². The second-order valence-corrected chi connectivity index (χ2v) is 7.74. The molecule has 0 saturated heterocycles. The topological polar surface area (TPSA) is 98.7 Å². The van der Waals surface area contributed by atoms with Gasteiger partial charge in [-0.1, -0.05) is 24.3 Å². The Kier molecular flexibility index (Phi) is 14.6. The van der Waals surface area contributed by atoms with E-state index in [1.54, 1.807) is 48.9 Å². The van der Waals surface area contributed by atoms with Gasteiger partial charge in [0.25, 0.3) is 0 Å². The number of hydrogen-bond acceptors (Lipinski definition) is 6. The number of aliphatic hydroxyl groups is 2. The van der Waals surface area contributed by atoms with Crippen LogP contribution in [-0.2, 0) is 43.7 Å². The molecule has 2 aliphatic carbocycles. The molecule has 2 radical (unpaired) electrons. The Labute approximate surface area is 199 Å². The fourth-order valence-electron chi connectivity index (χ4n) is 1.84. The normalized spacial score (nSPS) is 17.8. The van der Waals surface area contributed by atoms with Crippen LogP contribution in [0.3, 0.4) is 0 Å². The van der Waals surface area contributed by atoms with Crippen LogP contribution in [0.1, 0.15) is 27.7 Å². The van der Waals surface area contributed by atoms with E-state index in [0.29, 0.717) is 11.1 Å². The molecular formula is C22H30Cu2N2O4. The molecule has 0 aromatic heterocycles. The van der Waals surface area contributed by atoms with Crippen LogP contribution in [0.25, 0.3) is 0 Å². The number of ketones is 2. The number of rotatable bonds is 6. The Morgan fingerprint density at radius 1 is 0.700 bits per heavy atom. The second-order valence-electron chi connectivity index (χ2n) is 7.74. The molecule has 30 heavy (non-hydrogen) atoms. The summed E-state index contributed by atoms with van der Waals surface area (Å²) in [6.45, 7) is 7.47. The van der Waals surface area contributed by atoms with Crippen LogP contribution in [0.2, 0.25) is 0 Å². The van der Waals surface area contributed by atoms with Crippen LogP contribution in [0, 0.1) is 0 Å². The molecule has 0 atom stereocenters. The summed E-state index contributed by atoms with van der Waals surface area (Å²) >= 11 is 0. The minimum absolute atomic E-state index is 0. The summed E-state index contributed by atoms with van der Waals surface area (Å²) in [6, 6.07) is 0. The third-order valence-electron chi connectivity index (χ3n) is 3.87. The maximum absolute atomic E-state index is 11.3. The average molecular weight is 514 g/mol. The summed E-state index contributed by atoms with van der Waals surface area (Å²) in [5.41, 5.74) is 0.410. The number of nitrogens with one attached hydrogen (secondary N) is 2. The van der Waals surface area contributed by atoms with Crippen molar-refractivity contribution in [2.24, 2.45) is 0 Å². The first kappa shape index (κ1) is 30.5. The van der Waals surface area contributed by atoms with Crippen molar-refractivity contribution in [1.29, 1.82) is 0 Å². The summed E-state index contributed by atoms with van der Waals surface area (Å²) < 4.78 is 0. The summed E-state index contributed by atoms with van der Waals surface area (Å²) in [7, 11) is 0. The number of carbonyl (C=O) groups is 2. The quantitative estimate of drug-likeness (QED) is 0.320. The van der Waals surface area contributed by atoms with Gasteiger partial charge in [0.2, 0.25) is 0 Å². The first-order valence-electron chi connectivity index (χ1n) is 9.06. The van der Waals surface area contributed by atoms with E-state index in [4.69, 9.17) is 10.2 Å². The van der Waals surface area contributed by atoms with Gasteiger partial charge in [0.15, 0.2) is 11.6 Å². The van der Waals surface area contributed by atoms with Gasteiger partial charge in [-0.25, -0.2) is 0 Å². The average Bonchev–Trinajstić information content (AvgIpc) is 2.67. The molecule has 174 valence electrons. The van der Waals surface area contributed by atoms with Gasteiger partial charge in [0, 0.05) is 57.7 Å². The molecule has 0 aliphatic heterocycles. The van der Waals surface area contributed by atoms with E-state index in [1.807, 2.05) is 27.7 Å². The van der Waals surface area contributed by atoms with Gasteiger partial charge in [0.1, 0.15) is 0 Å². The number of allylic oxidation sites excluding steroid dienone is 10. The maximum atomic E-state index is 11.3. The number of carbonyl (C=O) groups excluding carboxylic acids is 2. The molecule has 4 N–H and O–H groups in total. The van der Waals surface area contributed by atoms with Crippen molar-refractivity contribution in [1.82, 2.24) is 10.6 Å². The zero-order chi connectivity index (χ0) is 21.2. The number of aliphatic hydroxyl groups excluding tert-OH is 2. The van der Waals surface area contributed by atoms with Gasteiger partial charge in [-0.05, 0) is 52.0 Å². The third kappa shape index (κ3) is 11.5. The molecule has 2 aliphatic rings. The molecule has 0 bridgehead atoms. The van der Waals surface area contributed by atoms with E-state index in [1.165, 1.54) is 12.2 Å². The Morgan fingerprint density at radius 2 is 1.00 bits per heavy atom. The van der Waals surface area contributed by atoms with Gasteiger partial charge in [-0.3, -0.25) is 9.59 Å². The van der Waals surface area contributed by atoms with Crippen LogP contribution in [0.15, 0.2) is 72.2 Å². The summed E-state index contributed by atoms with van der Waals surface area (Å²) in [4.78, 5) is 22.6. The van der Waals surface area contributed by atoms with E-state index in [9.17, 15) is 9.59 Å². The molecule has 8 heteroatoms. The Balaban J connectivity index is 0. The third-order valence-corrected chi connectivity index (χ3v) is 3.87. The molecule has 0 aromatic rings. The van der Waals surface area contributed by atoms with Crippen molar-refractivity contribution in [3.8, 4) is 0 Å². The van der Waals surface area contributed by atoms with Crippen molar-refractivity contribution in [3.63, 3.8) is 0 Å². The van der Waals surface area contributed by atoms with Crippen LogP contribution in [0.4, 0.5) is 0 Å². The molecule has 6 nitrogen and oxygen atoms in total. The molecule has 0 spiro atoms. The van der Waals surface area contributed by atoms with Gasteiger partial charge >= 0.3 is 0 Å². The Hall–Kier alpha value is -1.66. The van der Waals surface area contributed by atoms with Crippen molar-refractivity contribution >= 4 is 11.6 Å². The molecule has 0 unspecified atom stereocenters.